The lowest BCUT2D eigenvalue weighted by molar-refractivity contribution is -0.127. The Kier molecular flexibility index (Phi) is 4.02. The highest BCUT2D eigenvalue weighted by Gasteiger charge is 2.42. The van der Waals surface area contributed by atoms with E-state index >= 15 is 0 Å². The van der Waals surface area contributed by atoms with E-state index in [-0.39, 0.29) is 11.8 Å². The van der Waals surface area contributed by atoms with E-state index in [1.807, 2.05) is 25.5 Å². The van der Waals surface area contributed by atoms with Gasteiger partial charge in [0.2, 0.25) is 0 Å². The van der Waals surface area contributed by atoms with Gasteiger partial charge in [0, 0.05) is 18.0 Å². The minimum atomic E-state index is -0.403. The zero-order chi connectivity index (χ0) is 14.2. The monoisotopic (exact) mass is 283 g/mol. The summed E-state index contributed by atoms with van der Waals surface area (Å²) in [6, 6.07) is -0.0297. The Balaban J connectivity index is 2.24. The van der Waals surface area contributed by atoms with Crippen LogP contribution in [0.25, 0.3) is 0 Å². The van der Waals surface area contributed by atoms with Crippen LogP contribution in [0.3, 0.4) is 0 Å². The molecule has 1 aliphatic carbocycles. The van der Waals surface area contributed by atoms with Crippen LogP contribution < -0.4 is 5.73 Å². The van der Waals surface area contributed by atoms with Gasteiger partial charge in [-0.2, -0.15) is 5.10 Å². The second-order valence-corrected chi connectivity index (χ2v) is 6.06. The van der Waals surface area contributed by atoms with Crippen LogP contribution in [-0.4, -0.2) is 21.6 Å². The van der Waals surface area contributed by atoms with Crippen molar-refractivity contribution in [3.8, 4) is 0 Å². The second-order valence-electron chi connectivity index (χ2n) is 5.68. The zero-order valence-corrected chi connectivity index (χ0v) is 12.6. The third kappa shape index (κ3) is 2.43. The van der Waals surface area contributed by atoms with Gasteiger partial charge >= 0.3 is 0 Å². The summed E-state index contributed by atoms with van der Waals surface area (Å²) in [5, 5.41) is 4.97. The Morgan fingerprint density at radius 2 is 2.32 bits per heavy atom. The summed E-state index contributed by atoms with van der Waals surface area (Å²) < 4.78 is 1.82. The number of carbonyl (C=O) groups excluding carboxylic acids is 1. The van der Waals surface area contributed by atoms with Gasteiger partial charge in [-0.25, -0.2) is 0 Å². The lowest BCUT2D eigenvalue weighted by atomic mass is 9.79. The molecular formula is C14H22ClN3O. The SMILES string of the molecule is CCn1nc(C)c(Cl)c1CC(=O)C1(C)CCCC1N. The highest BCUT2D eigenvalue weighted by Crippen LogP contribution is 2.38. The first-order valence-corrected chi connectivity index (χ1v) is 7.28. The standard InChI is InChI=1S/C14H22ClN3O/c1-4-18-10(13(15)9(2)17-18)8-12(19)14(3)7-5-6-11(14)16/h11H,4-8,16H2,1-3H3. The molecule has 2 rings (SSSR count). The molecule has 0 radical (unpaired) electrons. The van der Waals surface area contributed by atoms with E-state index in [0.717, 1.165) is 37.2 Å². The maximum Gasteiger partial charge on any atom is 0.146 e. The molecule has 1 saturated carbocycles. The van der Waals surface area contributed by atoms with Gasteiger partial charge < -0.3 is 5.73 Å². The number of halogens is 1. The number of nitrogens with two attached hydrogens (primary N) is 1. The molecule has 0 aromatic carbocycles. The lowest BCUT2D eigenvalue weighted by Gasteiger charge is -2.27. The Labute approximate surface area is 119 Å². The molecule has 1 aliphatic rings. The van der Waals surface area contributed by atoms with Crippen molar-refractivity contribution >= 4 is 17.4 Å². The number of hydrogen-bond acceptors (Lipinski definition) is 3. The molecule has 0 spiro atoms. The van der Waals surface area contributed by atoms with Gasteiger partial charge in [-0.1, -0.05) is 24.9 Å². The minimum absolute atomic E-state index is 0.0297. The van der Waals surface area contributed by atoms with Crippen molar-refractivity contribution in [1.82, 2.24) is 9.78 Å². The maximum atomic E-state index is 12.6. The molecule has 106 valence electrons. The van der Waals surface area contributed by atoms with Crippen molar-refractivity contribution in [2.45, 2.75) is 59.0 Å². The first-order chi connectivity index (χ1) is 8.90. The van der Waals surface area contributed by atoms with E-state index in [1.165, 1.54) is 0 Å². The van der Waals surface area contributed by atoms with Crippen LogP contribution in [0, 0.1) is 12.3 Å². The Morgan fingerprint density at radius 1 is 1.63 bits per heavy atom. The quantitative estimate of drug-likeness (QED) is 0.923. The van der Waals surface area contributed by atoms with Crippen molar-refractivity contribution in [3.05, 3.63) is 16.4 Å². The number of ketones is 1. The van der Waals surface area contributed by atoms with Gasteiger partial charge in [0.15, 0.2) is 0 Å². The Hall–Kier alpha value is -0.870. The predicted octanol–water partition coefficient (Wildman–Crippen LogP) is 2.49. The molecule has 1 heterocycles. The summed E-state index contributed by atoms with van der Waals surface area (Å²) in [6.45, 7) is 6.57. The number of aryl methyl sites for hydroxylation is 2. The Morgan fingerprint density at radius 3 is 2.84 bits per heavy atom. The second kappa shape index (κ2) is 5.25. The summed E-state index contributed by atoms with van der Waals surface area (Å²) >= 11 is 6.26. The third-order valence-electron chi connectivity index (χ3n) is 4.45. The maximum absolute atomic E-state index is 12.6. The number of hydrogen-bond donors (Lipinski definition) is 1. The van der Waals surface area contributed by atoms with Gasteiger partial charge in [-0.15, -0.1) is 0 Å². The van der Waals surface area contributed by atoms with Crippen molar-refractivity contribution < 1.29 is 4.79 Å². The number of rotatable bonds is 4. The molecule has 1 fully saturated rings. The van der Waals surface area contributed by atoms with Gasteiger partial charge in [0.05, 0.1) is 22.8 Å². The van der Waals surface area contributed by atoms with Gasteiger partial charge in [-0.3, -0.25) is 9.48 Å². The largest absolute Gasteiger partial charge is 0.327 e. The molecule has 2 unspecified atom stereocenters. The number of aromatic nitrogens is 2. The topological polar surface area (TPSA) is 60.9 Å². The minimum Gasteiger partial charge on any atom is -0.327 e. The van der Waals surface area contributed by atoms with Crippen LogP contribution in [-0.2, 0) is 17.8 Å². The normalized spacial score (nSPS) is 26.9. The van der Waals surface area contributed by atoms with Gasteiger partial charge in [0.1, 0.15) is 5.78 Å². The molecule has 0 bridgehead atoms. The Bertz CT molecular complexity index is 497. The van der Waals surface area contributed by atoms with Crippen molar-refractivity contribution in [2.24, 2.45) is 11.1 Å². The molecule has 0 saturated heterocycles. The van der Waals surface area contributed by atoms with Crippen LogP contribution in [0.4, 0.5) is 0 Å². The third-order valence-corrected chi connectivity index (χ3v) is 4.94. The molecule has 5 heteroatoms. The van der Waals surface area contributed by atoms with E-state index in [9.17, 15) is 4.79 Å². The van der Waals surface area contributed by atoms with Gasteiger partial charge in [0.25, 0.3) is 0 Å². The molecule has 1 aromatic rings. The first-order valence-electron chi connectivity index (χ1n) is 6.90. The van der Waals surface area contributed by atoms with Crippen molar-refractivity contribution in [3.63, 3.8) is 0 Å². The lowest BCUT2D eigenvalue weighted by Crippen LogP contribution is -2.42. The number of carbonyl (C=O) groups is 1. The van der Waals surface area contributed by atoms with E-state index in [2.05, 4.69) is 5.10 Å². The number of nitrogens with zero attached hydrogens (tertiary/aromatic N) is 2. The molecule has 0 aliphatic heterocycles. The number of Topliss-reactive ketones (excluding diaryl/α,β-unsaturated/α-hetero) is 1. The van der Waals surface area contributed by atoms with E-state index in [1.54, 1.807) is 0 Å². The molecule has 19 heavy (non-hydrogen) atoms. The average Bonchev–Trinajstić information content (AvgIpc) is 2.85. The molecule has 1 aromatic heterocycles. The van der Waals surface area contributed by atoms with Crippen molar-refractivity contribution in [1.29, 1.82) is 0 Å². The first kappa shape index (κ1) is 14.5. The smallest absolute Gasteiger partial charge is 0.146 e. The highest BCUT2D eigenvalue weighted by atomic mass is 35.5. The van der Waals surface area contributed by atoms with Crippen molar-refractivity contribution in [2.75, 3.05) is 0 Å². The van der Waals surface area contributed by atoms with Crippen LogP contribution in [0.5, 0.6) is 0 Å². The highest BCUT2D eigenvalue weighted by molar-refractivity contribution is 6.32. The fourth-order valence-electron chi connectivity index (χ4n) is 2.93. The molecule has 2 N–H and O–H groups in total. The van der Waals surface area contributed by atoms with E-state index in [4.69, 9.17) is 17.3 Å². The van der Waals surface area contributed by atoms with Crippen LogP contribution in [0.2, 0.25) is 5.02 Å². The van der Waals surface area contributed by atoms with Gasteiger partial charge in [-0.05, 0) is 26.7 Å². The molecular weight excluding hydrogens is 262 g/mol. The van der Waals surface area contributed by atoms with Crippen LogP contribution in [0.1, 0.15) is 44.5 Å². The fraction of sp³-hybridized carbons (Fsp3) is 0.714. The summed E-state index contributed by atoms with van der Waals surface area (Å²) in [4.78, 5) is 12.6. The molecule has 4 nitrogen and oxygen atoms in total. The summed E-state index contributed by atoms with van der Waals surface area (Å²) in [6.07, 6.45) is 3.17. The van der Waals surface area contributed by atoms with E-state index in [0.29, 0.717) is 11.4 Å². The van der Waals surface area contributed by atoms with E-state index < -0.39 is 5.41 Å². The van der Waals surface area contributed by atoms with Crippen LogP contribution >= 0.6 is 11.6 Å². The molecule has 0 amide bonds. The van der Waals surface area contributed by atoms with Crippen LogP contribution in [0.15, 0.2) is 0 Å². The summed E-state index contributed by atoms with van der Waals surface area (Å²) in [5.74, 6) is 0.189. The zero-order valence-electron chi connectivity index (χ0n) is 11.9. The summed E-state index contributed by atoms with van der Waals surface area (Å²) in [5.41, 5.74) is 7.31. The predicted molar refractivity (Wildman–Crippen MR) is 76.3 cm³/mol. The fourth-order valence-corrected chi connectivity index (χ4v) is 3.13. The summed E-state index contributed by atoms with van der Waals surface area (Å²) in [7, 11) is 0. The average molecular weight is 284 g/mol. The molecule has 2 atom stereocenters.